The first-order chi connectivity index (χ1) is 16.7. The summed E-state index contributed by atoms with van der Waals surface area (Å²) in [5, 5.41) is 16.3. The SMILES string of the molecule is CCn1c(SCC(=O)Nc2cccc(Cl)c2C)nnc1[C@H](CC(C)C)NC(=O)c1ccccc1Cl. The van der Waals surface area contributed by atoms with E-state index in [9.17, 15) is 9.59 Å². The molecule has 1 aromatic heterocycles. The largest absolute Gasteiger partial charge is 0.342 e. The van der Waals surface area contributed by atoms with E-state index in [2.05, 4.69) is 34.7 Å². The molecule has 0 aliphatic carbocycles. The van der Waals surface area contributed by atoms with E-state index in [1.165, 1.54) is 11.8 Å². The van der Waals surface area contributed by atoms with Crippen molar-refractivity contribution in [3.8, 4) is 0 Å². The Balaban J connectivity index is 1.75. The quantitative estimate of drug-likeness (QED) is 0.304. The summed E-state index contributed by atoms with van der Waals surface area (Å²) in [7, 11) is 0. The number of aromatic nitrogens is 3. The average molecular weight is 535 g/mol. The van der Waals surface area contributed by atoms with Gasteiger partial charge in [-0.3, -0.25) is 9.59 Å². The third-order valence-corrected chi connectivity index (χ3v) is 7.08. The number of benzene rings is 2. The van der Waals surface area contributed by atoms with Crippen LogP contribution in [0.1, 0.15) is 55.0 Å². The highest BCUT2D eigenvalue weighted by Crippen LogP contribution is 2.27. The highest BCUT2D eigenvalue weighted by Gasteiger charge is 2.25. The molecule has 2 aromatic carbocycles. The van der Waals surface area contributed by atoms with Crippen molar-refractivity contribution in [1.29, 1.82) is 0 Å². The molecule has 0 radical (unpaired) electrons. The van der Waals surface area contributed by atoms with Crippen LogP contribution in [0, 0.1) is 12.8 Å². The number of amides is 2. The smallest absolute Gasteiger partial charge is 0.253 e. The van der Waals surface area contributed by atoms with E-state index in [0.29, 0.717) is 51.2 Å². The van der Waals surface area contributed by atoms with Crippen LogP contribution in [-0.4, -0.2) is 32.3 Å². The van der Waals surface area contributed by atoms with E-state index in [0.717, 1.165) is 5.56 Å². The average Bonchev–Trinajstić information content (AvgIpc) is 3.23. The van der Waals surface area contributed by atoms with Crippen LogP contribution >= 0.6 is 35.0 Å². The number of carbonyl (C=O) groups excluding carboxylic acids is 2. The van der Waals surface area contributed by atoms with Crippen LogP contribution < -0.4 is 10.6 Å². The molecule has 10 heteroatoms. The monoisotopic (exact) mass is 533 g/mol. The fourth-order valence-corrected chi connectivity index (χ4v) is 4.81. The van der Waals surface area contributed by atoms with Gasteiger partial charge in [0.2, 0.25) is 5.91 Å². The van der Waals surface area contributed by atoms with E-state index in [4.69, 9.17) is 23.2 Å². The van der Waals surface area contributed by atoms with Gasteiger partial charge in [-0.05, 0) is 56.0 Å². The molecule has 3 aromatic rings. The summed E-state index contributed by atoms with van der Waals surface area (Å²) >= 11 is 13.7. The lowest BCUT2D eigenvalue weighted by molar-refractivity contribution is -0.113. The van der Waals surface area contributed by atoms with Gasteiger partial charge in [0, 0.05) is 17.3 Å². The Hall–Kier alpha value is -2.55. The Labute approximate surface area is 220 Å². The molecule has 3 rings (SSSR count). The number of thioether (sulfide) groups is 1. The Morgan fingerprint density at radius 3 is 2.46 bits per heavy atom. The van der Waals surface area contributed by atoms with Gasteiger partial charge in [0.15, 0.2) is 11.0 Å². The van der Waals surface area contributed by atoms with Gasteiger partial charge in [-0.25, -0.2) is 0 Å². The molecule has 0 aliphatic heterocycles. The van der Waals surface area contributed by atoms with Gasteiger partial charge in [0.1, 0.15) is 0 Å². The van der Waals surface area contributed by atoms with Crippen molar-refractivity contribution < 1.29 is 9.59 Å². The summed E-state index contributed by atoms with van der Waals surface area (Å²) in [5.41, 5.74) is 1.91. The maximum Gasteiger partial charge on any atom is 0.253 e. The normalized spacial score (nSPS) is 12.0. The topological polar surface area (TPSA) is 88.9 Å². The molecule has 2 amide bonds. The van der Waals surface area contributed by atoms with Crippen molar-refractivity contribution in [3.63, 3.8) is 0 Å². The lowest BCUT2D eigenvalue weighted by atomic mass is 10.0. The fourth-order valence-electron chi connectivity index (χ4n) is 3.60. The number of anilines is 1. The van der Waals surface area contributed by atoms with E-state index >= 15 is 0 Å². The molecule has 1 heterocycles. The van der Waals surface area contributed by atoms with Crippen molar-refractivity contribution in [2.75, 3.05) is 11.1 Å². The zero-order chi connectivity index (χ0) is 25.5. The molecular formula is C25H29Cl2N5O2S. The lowest BCUT2D eigenvalue weighted by Crippen LogP contribution is -2.31. The highest BCUT2D eigenvalue weighted by atomic mass is 35.5. The molecular weight excluding hydrogens is 505 g/mol. The van der Waals surface area contributed by atoms with E-state index in [-0.39, 0.29) is 23.6 Å². The number of nitrogens with one attached hydrogen (secondary N) is 2. The van der Waals surface area contributed by atoms with Gasteiger partial charge in [-0.15, -0.1) is 10.2 Å². The summed E-state index contributed by atoms with van der Waals surface area (Å²) in [4.78, 5) is 25.5. The van der Waals surface area contributed by atoms with Gasteiger partial charge >= 0.3 is 0 Å². The first-order valence-electron chi connectivity index (χ1n) is 11.4. The first-order valence-corrected chi connectivity index (χ1v) is 13.1. The number of hydrogen-bond acceptors (Lipinski definition) is 5. The Kier molecular flexibility index (Phi) is 9.60. The molecule has 186 valence electrons. The Morgan fingerprint density at radius 1 is 1.06 bits per heavy atom. The summed E-state index contributed by atoms with van der Waals surface area (Å²) in [6, 6.07) is 12.0. The minimum Gasteiger partial charge on any atom is -0.342 e. The zero-order valence-electron chi connectivity index (χ0n) is 20.1. The second kappa shape index (κ2) is 12.4. The summed E-state index contributed by atoms with van der Waals surface area (Å²) < 4.78 is 1.93. The van der Waals surface area contributed by atoms with E-state index in [1.54, 1.807) is 36.4 Å². The zero-order valence-corrected chi connectivity index (χ0v) is 22.5. The molecule has 35 heavy (non-hydrogen) atoms. The first kappa shape index (κ1) is 27.0. The lowest BCUT2D eigenvalue weighted by Gasteiger charge is -2.21. The molecule has 0 spiro atoms. The van der Waals surface area contributed by atoms with Crippen molar-refractivity contribution in [3.05, 3.63) is 69.5 Å². The molecule has 0 saturated carbocycles. The maximum absolute atomic E-state index is 13.0. The number of hydrogen-bond donors (Lipinski definition) is 2. The number of halogens is 2. The van der Waals surface area contributed by atoms with Gasteiger partial charge in [0.25, 0.3) is 5.91 Å². The van der Waals surface area contributed by atoms with Crippen LogP contribution in [0.15, 0.2) is 47.6 Å². The maximum atomic E-state index is 13.0. The molecule has 0 fully saturated rings. The predicted molar refractivity (Wildman–Crippen MR) is 142 cm³/mol. The molecule has 0 aliphatic rings. The van der Waals surface area contributed by atoms with E-state index < -0.39 is 0 Å². The van der Waals surface area contributed by atoms with Crippen molar-refractivity contribution in [2.45, 2.75) is 51.9 Å². The number of rotatable bonds is 10. The van der Waals surface area contributed by atoms with Crippen LogP contribution in [0.25, 0.3) is 0 Å². The summed E-state index contributed by atoms with van der Waals surface area (Å²) in [6.07, 6.45) is 0.674. The molecule has 2 N–H and O–H groups in total. The van der Waals surface area contributed by atoms with Gasteiger partial charge in [-0.1, -0.05) is 67.0 Å². The molecule has 0 unspecified atom stereocenters. The fraction of sp³-hybridized carbons (Fsp3) is 0.360. The Bertz CT molecular complexity index is 1200. The standard InChI is InChI=1S/C25H29Cl2N5O2S/c1-5-32-23(21(13-15(2)3)29-24(34)17-9-6-7-10-19(17)27)30-31-25(32)35-14-22(33)28-20-12-8-11-18(26)16(20)4/h6-12,15,21H,5,13-14H2,1-4H3,(H,28,33)(H,29,34)/t21-/m0/s1. The Morgan fingerprint density at radius 2 is 1.77 bits per heavy atom. The minimum absolute atomic E-state index is 0.158. The van der Waals surface area contributed by atoms with Crippen molar-refractivity contribution >= 4 is 52.5 Å². The molecule has 0 saturated heterocycles. The number of nitrogens with zero attached hydrogens (tertiary/aromatic N) is 3. The molecule has 7 nitrogen and oxygen atoms in total. The second-order valence-electron chi connectivity index (χ2n) is 8.47. The highest BCUT2D eigenvalue weighted by molar-refractivity contribution is 7.99. The van der Waals surface area contributed by atoms with Gasteiger partial charge < -0.3 is 15.2 Å². The molecule has 1 atom stereocenters. The predicted octanol–water partition coefficient (Wildman–Crippen LogP) is 6.16. The third kappa shape index (κ3) is 6.99. The van der Waals surface area contributed by atoms with Crippen LogP contribution in [-0.2, 0) is 11.3 Å². The van der Waals surface area contributed by atoms with E-state index in [1.807, 2.05) is 24.5 Å². The van der Waals surface area contributed by atoms with Gasteiger partial charge in [-0.2, -0.15) is 0 Å². The van der Waals surface area contributed by atoms with Crippen LogP contribution in [0.2, 0.25) is 10.0 Å². The number of carbonyl (C=O) groups is 2. The van der Waals surface area contributed by atoms with Crippen molar-refractivity contribution in [1.82, 2.24) is 20.1 Å². The van der Waals surface area contributed by atoms with Gasteiger partial charge in [0.05, 0.1) is 22.4 Å². The minimum atomic E-state index is -0.358. The molecule has 0 bridgehead atoms. The van der Waals surface area contributed by atoms with Crippen LogP contribution in [0.5, 0.6) is 0 Å². The summed E-state index contributed by atoms with van der Waals surface area (Å²) in [5.74, 6) is 0.674. The van der Waals surface area contributed by atoms with Crippen molar-refractivity contribution in [2.24, 2.45) is 5.92 Å². The third-order valence-electron chi connectivity index (χ3n) is 5.38. The van der Waals surface area contributed by atoms with Crippen LogP contribution in [0.3, 0.4) is 0 Å². The van der Waals surface area contributed by atoms with Crippen LogP contribution in [0.4, 0.5) is 5.69 Å². The second-order valence-corrected chi connectivity index (χ2v) is 10.2. The summed E-state index contributed by atoms with van der Waals surface area (Å²) in [6.45, 7) is 8.60.